The molecular weight excluding hydrogens is 268 g/mol. The molecule has 0 fully saturated rings. The third kappa shape index (κ3) is 4.42. The summed E-state index contributed by atoms with van der Waals surface area (Å²) >= 11 is 7.46. The lowest BCUT2D eigenvalue weighted by Crippen LogP contribution is -2.24. The van der Waals surface area contributed by atoms with Gasteiger partial charge in [0.15, 0.2) is 0 Å². The molecule has 0 aliphatic heterocycles. The van der Waals surface area contributed by atoms with Crippen LogP contribution in [0.15, 0.2) is 18.2 Å². The fourth-order valence-electron chi connectivity index (χ4n) is 1.39. The number of hydrogen-bond acceptors (Lipinski definition) is 3. The van der Waals surface area contributed by atoms with Gasteiger partial charge in [0.05, 0.1) is 16.6 Å². The molecule has 1 aromatic carbocycles. The molecule has 0 aromatic heterocycles. The van der Waals surface area contributed by atoms with Gasteiger partial charge in [-0.2, -0.15) is 0 Å². The Labute approximate surface area is 117 Å². The highest BCUT2D eigenvalue weighted by molar-refractivity contribution is 8.01. The van der Waals surface area contributed by atoms with E-state index < -0.39 is 0 Å². The van der Waals surface area contributed by atoms with Gasteiger partial charge in [-0.3, -0.25) is 4.79 Å². The first-order valence-electron chi connectivity index (χ1n) is 5.95. The second kappa shape index (κ2) is 6.90. The van der Waals surface area contributed by atoms with Gasteiger partial charge in [0, 0.05) is 10.3 Å². The van der Waals surface area contributed by atoms with Crippen LogP contribution in [0, 0.1) is 0 Å². The number of hydrogen-bond donors (Lipinski definition) is 2. The first-order chi connectivity index (χ1) is 8.43. The number of carbonyl (C=O) groups excluding carboxylic acids is 1. The summed E-state index contributed by atoms with van der Waals surface area (Å²) in [7, 11) is 0. The molecule has 2 atom stereocenters. The third-order valence-corrected chi connectivity index (χ3v) is 4.31. The lowest BCUT2D eigenvalue weighted by molar-refractivity contribution is -0.115. The van der Waals surface area contributed by atoms with Gasteiger partial charge in [-0.1, -0.05) is 25.4 Å². The summed E-state index contributed by atoms with van der Waals surface area (Å²) in [4.78, 5) is 12.0. The summed E-state index contributed by atoms with van der Waals surface area (Å²) in [5, 5.41) is 3.75. The Morgan fingerprint density at radius 2 is 2.17 bits per heavy atom. The van der Waals surface area contributed by atoms with Crippen molar-refractivity contribution in [1.29, 1.82) is 0 Å². The predicted octanol–water partition coefficient (Wildman–Crippen LogP) is 3.78. The molecule has 3 N–H and O–H groups in total. The summed E-state index contributed by atoms with van der Waals surface area (Å²) in [5.74, 6) is -0.0330. The molecule has 0 aliphatic carbocycles. The van der Waals surface area contributed by atoms with Crippen molar-refractivity contribution in [2.75, 3.05) is 11.1 Å². The number of nitrogens with one attached hydrogen (secondary N) is 1. The molecule has 0 radical (unpaired) electrons. The highest BCUT2D eigenvalue weighted by atomic mass is 35.5. The van der Waals surface area contributed by atoms with Crippen LogP contribution in [0.1, 0.15) is 27.2 Å². The number of nitrogen functional groups attached to an aromatic ring is 1. The van der Waals surface area contributed by atoms with Gasteiger partial charge >= 0.3 is 0 Å². The maximum absolute atomic E-state index is 12.0. The van der Waals surface area contributed by atoms with E-state index in [2.05, 4.69) is 19.2 Å². The van der Waals surface area contributed by atoms with Gasteiger partial charge in [-0.15, -0.1) is 11.8 Å². The fourth-order valence-corrected chi connectivity index (χ4v) is 2.64. The number of benzene rings is 1. The minimum Gasteiger partial charge on any atom is -0.397 e. The van der Waals surface area contributed by atoms with E-state index in [1.54, 1.807) is 30.0 Å². The summed E-state index contributed by atoms with van der Waals surface area (Å²) in [5.41, 5.74) is 6.89. The number of nitrogens with two attached hydrogens (primary N) is 1. The molecule has 100 valence electrons. The van der Waals surface area contributed by atoms with E-state index in [9.17, 15) is 4.79 Å². The second-order valence-electron chi connectivity index (χ2n) is 4.22. The van der Waals surface area contributed by atoms with Crippen LogP contribution in [0.5, 0.6) is 0 Å². The van der Waals surface area contributed by atoms with Crippen LogP contribution >= 0.6 is 23.4 Å². The van der Waals surface area contributed by atoms with Crippen molar-refractivity contribution in [3.63, 3.8) is 0 Å². The van der Waals surface area contributed by atoms with E-state index in [1.165, 1.54) is 0 Å². The van der Waals surface area contributed by atoms with Crippen molar-refractivity contribution >= 4 is 40.6 Å². The van der Waals surface area contributed by atoms with Gasteiger partial charge in [-0.25, -0.2) is 0 Å². The zero-order valence-corrected chi connectivity index (χ0v) is 12.4. The number of thioether (sulfide) groups is 1. The number of amides is 1. The molecule has 0 saturated heterocycles. The van der Waals surface area contributed by atoms with Crippen molar-refractivity contribution in [3.05, 3.63) is 23.2 Å². The van der Waals surface area contributed by atoms with Gasteiger partial charge in [-0.05, 0) is 31.5 Å². The third-order valence-electron chi connectivity index (χ3n) is 2.65. The average Bonchev–Trinajstić information content (AvgIpc) is 2.32. The monoisotopic (exact) mass is 286 g/mol. The van der Waals surface area contributed by atoms with Crippen molar-refractivity contribution in [2.24, 2.45) is 0 Å². The smallest absolute Gasteiger partial charge is 0.237 e. The zero-order chi connectivity index (χ0) is 13.7. The van der Waals surface area contributed by atoms with Gasteiger partial charge in [0.25, 0.3) is 0 Å². The second-order valence-corrected chi connectivity index (χ2v) is 6.44. The van der Waals surface area contributed by atoms with Gasteiger partial charge in [0.2, 0.25) is 5.91 Å². The molecule has 1 rings (SSSR count). The highest BCUT2D eigenvalue weighted by Crippen LogP contribution is 2.25. The molecule has 0 saturated carbocycles. The lowest BCUT2D eigenvalue weighted by Gasteiger charge is -2.16. The molecule has 0 bridgehead atoms. The van der Waals surface area contributed by atoms with E-state index in [-0.39, 0.29) is 11.2 Å². The lowest BCUT2D eigenvalue weighted by atomic mass is 10.2. The maximum Gasteiger partial charge on any atom is 0.237 e. The average molecular weight is 287 g/mol. The van der Waals surface area contributed by atoms with Crippen LogP contribution in [0.4, 0.5) is 11.4 Å². The molecule has 1 aromatic rings. The molecule has 18 heavy (non-hydrogen) atoms. The summed E-state index contributed by atoms with van der Waals surface area (Å²) in [6.45, 7) is 6.13. The van der Waals surface area contributed by atoms with Crippen LogP contribution in [-0.4, -0.2) is 16.4 Å². The Morgan fingerprint density at radius 3 is 2.72 bits per heavy atom. The first-order valence-corrected chi connectivity index (χ1v) is 7.27. The van der Waals surface area contributed by atoms with Crippen LogP contribution < -0.4 is 11.1 Å². The maximum atomic E-state index is 12.0. The van der Waals surface area contributed by atoms with Crippen LogP contribution in [-0.2, 0) is 4.79 Å². The predicted molar refractivity (Wildman–Crippen MR) is 81.3 cm³/mol. The topological polar surface area (TPSA) is 55.1 Å². The minimum atomic E-state index is -0.102. The number of halogens is 1. The molecule has 3 nitrogen and oxygen atoms in total. The molecule has 0 aliphatic rings. The van der Waals surface area contributed by atoms with E-state index in [1.807, 2.05) is 6.92 Å². The number of rotatable bonds is 5. The molecular formula is C13H19ClN2OS. The number of carbonyl (C=O) groups is 1. The molecule has 2 unspecified atom stereocenters. The summed E-state index contributed by atoms with van der Waals surface area (Å²) < 4.78 is 0. The minimum absolute atomic E-state index is 0.0330. The highest BCUT2D eigenvalue weighted by Gasteiger charge is 2.16. The molecule has 0 heterocycles. The zero-order valence-electron chi connectivity index (χ0n) is 10.9. The van der Waals surface area contributed by atoms with Crippen molar-refractivity contribution < 1.29 is 4.79 Å². The largest absolute Gasteiger partial charge is 0.397 e. The van der Waals surface area contributed by atoms with Gasteiger partial charge < -0.3 is 11.1 Å². The van der Waals surface area contributed by atoms with Crippen molar-refractivity contribution in [1.82, 2.24) is 0 Å². The Balaban J connectivity index is 2.64. The number of anilines is 2. The normalized spacial score (nSPS) is 14.0. The quantitative estimate of drug-likeness (QED) is 0.810. The van der Waals surface area contributed by atoms with Crippen molar-refractivity contribution in [2.45, 2.75) is 37.7 Å². The standard InChI is InChI=1S/C13H19ClN2OS/c1-4-8(2)18-9(3)13(17)16-12-6-5-10(14)7-11(12)15/h5-9H,4,15H2,1-3H3,(H,16,17). The van der Waals surface area contributed by atoms with E-state index >= 15 is 0 Å². The summed E-state index contributed by atoms with van der Waals surface area (Å²) in [6, 6.07) is 5.06. The van der Waals surface area contributed by atoms with Crippen LogP contribution in [0.25, 0.3) is 0 Å². The van der Waals surface area contributed by atoms with E-state index in [4.69, 9.17) is 17.3 Å². The SMILES string of the molecule is CCC(C)SC(C)C(=O)Nc1ccc(Cl)cc1N. The summed E-state index contributed by atoms with van der Waals surface area (Å²) in [6.07, 6.45) is 1.05. The van der Waals surface area contributed by atoms with Crippen molar-refractivity contribution in [3.8, 4) is 0 Å². The molecule has 0 spiro atoms. The Kier molecular flexibility index (Phi) is 5.82. The molecule has 1 amide bonds. The van der Waals surface area contributed by atoms with Crippen LogP contribution in [0.2, 0.25) is 5.02 Å². The Hall–Kier alpha value is -0.870. The van der Waals surface area contributed by atoms with Crippen LogP contribution in [0.3, 0.4) is 0 Å². The Bertz CT molecular complexity index is 425. The van der Waals surface area contributed by atoms with E-state index in [0.29, 0.717) is 21.6 Å². The fraction of sp³-hybridized carbons (Fsp3) is 0.462. The van der Waals surface area contributed by atoms with E-state index in [0.717, 1.165) is 6.42 Å². The van der Waals surface area contributed by atoms with Gasteiger partial charge in [0.1, 0.15) is 0 Å². The molecule has 5 heteroatoms. The first kappa shape index (κ1) is 15.2. The Morgan fingerprint density at radius 1 is 1.50 bits per heavy atom.